The molecule has 128 valence electrons. The average Bonchev–Trinajstić information content (AvgIpc) is 2.53. The standard InChI is InChI=1S/C20H18O5/c1-12(2)3-7-15-18(23)10-8-16(20(15)25)17(22)9-5-13-4-6-14(21)11-19(13)24/h3-11,21,23-25H,1H2,2H3/b7-3+,9-5+. The van der Waals surface area contributed by atoms with E-state index in [9.17, 15) is 25.2 Å². The van der Waals surface area contributed by atoms with Crippen molar-refractivity contribution < 1.29 is 25.2 Å². The zero-order valence-corrected chi connectivity index (χ0v) is 13.6. The number of phenols is 4. The van der Waals surface area contributed by atoms with Crippen molar-refractivity contribution in [1.82, 2.24) is 0 Å². The van der Waals surface area contributed by atoms with Gasteiger partial charge in [0.2, 0.25) is 0 Å². The molecular formula is C20H18O5. The first-order valence-corrected chi connectivity index (χ1v) is 7.42. The Bertz CT molecular complexity index is 891. The van der Waals surface area contributed by atoms with Gasteiger partial charge in [-0.1, -0.05) is 18.2 Å². The summed E-state index contributed by atoms with van der Waals surface area (Å²) in [6.45, 7) is 5.45. The highest BCUT2D eigenvalue weighted by Gasteiger charge is 2.14. The number of hydrogen-bond acceptors (Lipinski definition) is 5. The van der Waals surface area contributed by atoms with Crippen LogP contribution >= 0.6 is 0 Å². The molecule has 2 aromatic carbocycles. The summed E-state index contributed by atoms with van der Waals surface area (Å²) in [6, 6.07) is 6.61. The van der Waals surface area contributed by atoms with Crippen molar-refractivity contribution >= 4 is 17.9 Å². The lowest BCUT2D eigenvalue weighted by molar-refractivity contribution is 0.104. The van der Waals surface area contributed by atoms with Gasteiger partial charge in [-0.3, -0.25) is 4.79 Å². The normalized spacial score (nSPS) is 11.2. The Morgan fingerprint density at radius 2 is 1.68 bits per heavy atom. The molecule has 4 N–H and O–H groups in total. The number of aromatic hydroxyl groups is 4. The Hall–Kier alpha value is -3.47. The average molecular weight is 338 g/mol. The summed E-state index contributed by atoms with van der Waals surface area (Å²) in [6.07, 6.45) is 5.63. The predicted octanol–water partition coefficient (Wildman–Crippen LogP) is 3.99. The van der Waals surface area contributed by atoms with Crippen LogP contribution in [0.15, 0.2) is 54.6 Å². The van der Waals surface area contributed by atoms with Crippen LogP contribution in [-0.2, 0) is 0 Å². The molecule has 0 aliphatic rings. The van der Waals surface area contributed by atoms with E-state index in [-0.39, 0.29) is 34.1 Å². The van der Waals surface area contributed by atoms with Gasteiger partial charge in [0.15, 0.2) is 5.78 Å². The van der Waals surface area contributed by atoms with E-state index in [1.807, 2.05) is 0 Å². The third kappa shape index (κ3) is 4.29. The van der Waals surface area contributed by atoms with Crippen LogP contribution in [0.1, 0.15) is 28.4 Å². The van der Waals surface area contributed by atoms with Crippen molar-refractivity contribution in [3.63, 3.8) is 0 Å². The summed E-state index contributed by atoms with van der Waals surface area (Å²) >= 11 is 0. The molecular weight excluding hydrogens is 320 g/mol. The molecule has 2 rings (SSSR count). The van der Waals surface area contributed by atoms with Gasteiger partial charge in [0, 0.05) is 11.6 Å². The lowest BCUT2D eigenvalue weighted by atomic mass is 10.0. The molecule has 0 saturated heterocycles. The van der Waals surface area contributed by atoms with E-state index in [4.69, 9.17) is 0 Å². The number of ketones is 1. The Labute approximate surface area is 145 Å². The molecule has 0 bridgehead atoms. The van der Waals surface area contributed by atoms with Crippen molar-refractivity contribution in [2.45, 2.75) is 6.92 Å². The number of rotatable bonds is 5. The summed E-state index contributed by atoms with van der Waals surface area (Å²) < 4.78 is 0. The van der Waals surface area contributed by atoms with Crippen LogP contribution in [0, 0.1) is 0 Å². The van der Waals surface area contributed by atoms with Crippen LogP contribution < -0.4 is 0 Å². The highest BCUT2D eigenvalue weighted by atomic mass is 16.3. The monoisotopic (exact) mass is 338 g/mol. The lowest BCUT2D eigenvalue weighted by Gasteiger charge is -2.07. The maximum atomic E-state index is 12.3. The molecule has 0 aliphatic heterocycles. The molecule has 25 heavy (non-hydrogen) atoms. The summed E-state index contributed by atoms with van der Waals surface area (Å²) in [5, 5.41) is 39.1. The van der Waals surface area contributed by atoms with E-state index < -0.39 is 5.78 Å². The SMILES string of the molecule is C=C(C)/C=C/c1c(O)ccc(C(=O)/C=C/c2ccc(O)cc2O)c1O. The van der Waals surface area contributed by atoms with Gasteiger partial charge in [-0.25, -0.2) is 0 Å². The first kappa shape index (κ1) is 17.9. The van der Waals surface area contributed by atoms with Gasteiger partial charge in [-0.15, -0.1) is 0 Å². The van der Waals surface area contributed by atoms with E-state index in [0.717, 1.165) is 11.6 Å². The number of carbonyl (C=O) groups is 1. The zero-order valence-electron chi connectivity index (χ0n) is 13.6. The molecule has 0 atom stereocenters. The molecule has 0 spiro atoms. The minimum Gasteiger partial charge on any atom is -0.508 e. The summed E-state index contributed by atoms with van der Waals surface area (Å²) in [5.41, 5.74) is 1.19. The van der Waals surface area contributed by atoms with Crippen LogP contribution in [0.25, 0.3) is 12.2 Å². The van der Waals surface area contributed by atoms with Crippen molar-refractivity contribution in [3.8, 4) is 23.0 Å². The van der Waals surface area contributed by atoms with E-state index in [2.05, 4.69) is 6.58 Å². The van der Waals surface area contributed by atoms with E-state index >= 15 is 0 Å². The van der Waals surface area contributed by atoms with Gasteiger partial charge in [0.05, 0.1) is 11.1 Å². The fraction of sp³-hybridized carbons (Fsp3) is 0.0500. The second-order valence-corrected chi connectivity index (χ2v) is 5.51. The maximum absolute atomic E-state index is 12.3. The van der Waals surface area contributed by atoms with E-state index in [1.54, 1.807) is 13.0 Å². The quantitative estimate of drug-likeness (QED) is 0.375. The molecule has 0 saturated carbocycles. The van der Waals surface area contributed by atoms with Gasteiger partial charge >= 0.3 is 0 Å². The molecule has 0 amide bonds. The third-order valence-corrected chi connectivity index (χ3v) is 3.42. The Kier molecular flexibility index (Phi) is 5.29. The molecule has 0 aromatic heterocycles. The fourth-order valence-corrected chi connectivity index (χ4v) is 2.11. The topological polar surface area (TPSA) is 98.0 Å². The third-order valence-electron chi connectivity index (χ3n) is 3.42. The lowest BCUT2D eigenvalue weighted by Crippen LogP contribution is -1.96. The number of benzene rings is 2. The zero-order chi connectivity index (χ0) is 18.6. The molecule has 5 nitrogen and oxygen atoms in total. The number of allylic oxidation sites excluding steroid dienone is 3. The Morgan fingerprint density at radius 3 is 2.32 bits per heavy atom. The minimum atomic E-state index is -0.505. The Morgan fingerprint density at radius 1 is 0.960 bits per heavy atom. The second-order valence-electron chi connectivity index (χ2n) is 5.51. The van der Waals surface area contributed by atoms with Crippen LogP contribution in [0.4, 0.5) is 0 Å². The van der Waals surface area contributed by atoms with Crippen LogP contribution in [0.2, 0.25) is 0 Å². The van der Waals surface area contributed by atoms with Crippen LogP contribution in [0.5, 0.6) is 23.0 Å². The van der Waals surface area contributed by atoms with Crippen molar-refractivity contribution in [2.75, 3.05) is 0 Å². The highest BCUT2D eigenvalue weighted by Crippen LogP contribution is 2.33. The molecule has 0 aliphatic carbocycles. The molecule has 0 radical (unpaired) electrons. The number of carbonyl (C=O) groups excluding carboxylic acids is 1. The number of phenolic OH excluding ortho intramolecular Hbond substituents is 4. The van der Waals surface area contributed by atoms with Gasteiger partial charge in [-0.2, -0.15) is 0 Å². The van der Waals surface area contributed by atoms with Crippen molar-refractivity contribution in [2.24, 2.45) is 0 Å². The van der Waals surface area contributed by atoms with Gasteiger partial charge in [0.1, 0.15) is 23.0 Å². The van der Waals surface area contributed by atoms with E-state index in [1.165, 1.54) is 42.5 Å². The van der Waals surface area contributed by atoms with Crippen LogP contribution in [-0.4, -0.2) is 26.2 Å². The van der Waals surface area contributed by atoms with Gasteiger partial charge in [-0.05, 0) is 49.4 Å². The van der Waals surface area contributed by atoms with Crippen molar-refractivity contribution in [3.05, 3.63) is 71.3 Å². The fourth-order valence-electron chi connectivity index (χ4n) is 2.11. The summed E-state index contributed by atoms with van der Waals surface area (Å²) in [4.78, 5) is 12.3. The predicted molar refractivity (Wildman–Crippen MR) is 96.8 cm³/mol. The number of hydrogen-bond donors (Lipinski definition) is 4. The largest absolute Gasteiger partial charge is 0.508 e. The minimum absolute atomic E-state index is 0.00804. The Balaban J connectivity index is 2.35. The molecule has 5 heteroatoms. The van der Waals surface area contributed by atoms with Crippen LogP contribution in [0.3, 0.4) is 0 Å². The molecule has 0 unspecified atom stereocenters. The summed E-state index contributed by atoms with van der Waals surface area (Å²) in [5.74, 6) is -1.28. The summed E-state index contributed by atoms with van der Waals surface area (Å²) in [7, 11) is 0. The van der Waals surface area contributed by atoms with Crippen molar-refractivity contribution in [1.29, 1.82) is 0 Å². The molecule has 2 aromatic rings. The van der Waals surface area contributed by atoms with Gasteiger partial charge in [0.25, 0.3) is 0 Å². The maximum Gasteiger partial charge on any atom is 0.189 e. The first-order chi connectivity index (χ1) is 11.8. The smallest absolute Gasteiger partial charge is 0.189 e. The first-order valence-electron chi connectivity index (χ1n) is 7.42. The van der Waals surface area contributed by atoms with E-state index in [0.29, 0.717) is 5.56 Å². The highest BCUT2D eigenvalue weighted by molar-refractivity contribution is 6.09. The second kappa shape index (κ2) is 7.40. The van der Waals surface area contributed by atoms with Gasteiger partial charge < -0.3 is 20.4 Å². The molecule has 0 fully saturated rings. The molecule has 0 heterocycles.